The number of carbonyl (C=O) groups is 2. The molecule has 10 nitrogen and oxygen atoms in total. The lowest BCUT2D eigenvalue weighted by atomic mass is 10.1. The summed E-state index contributed by atoms with van der Waals surface area (Å²) >= 11 is 1.44. The molecule has 1 aliphatic rings. The van der Waals surface area contributed by atoms with Crippen LogP contribution in [0.25, 0.3) is 0 Å². The molecule has 2 aromatic heterocycles. The lowest BCUT2D eigenvalue weighted by Crippen LogP contribution is -2.33. The van der Waals surface area contributed by atoms with Crippen molar-refractivity contribution >= 4 is 35.3 Å². The lowest BCUT2D eigenvalue weighted by molar-refractivity contribution is 0.0989. The standard InChI is InChI=1S/C25H28N6O4S/c1-30-13-14-31(23(32)19-16-28-24(36-3)29-22(19)30)17-7-6-8-18(15-17)35-21(10-12-27-25(33)34-2)20-9-4-5-11-26-20/h4-9,11,15-16,21H,10,12-14H2,1-3H3,(H,27,33). The molecule has 1 aromatic carbocycles. The van der Waals surface area contributed by atoms with Crippen molar-refractivity contribution in [2.75, 3.05) is 49.8 Å². The number of alkyl carbamates (subject to hydrolysis) is 1. The highest BCUT2D eigenvalue weighted by Gasteiger charge is 2.28. The van der Waals surface area contributed by atoms with Crippen LogP contribution in [0.2, 0.25) is 0 Å². The maximum Gasteiger partial charge on any atom is 0.406 e. The third-order valence-electron chi connectivity index (χ3n) is 5.71. The van der Waals surface area contributed by atoms with E-state index in [2.05, 4.69) is 25.0 Å². The van der Waals surface area contributed by atoms with E-state index in [-0.39, 0.29) is 5.91 Å². The number of anilines is 2. The summed E-state index contributed by atoms with van der Waals surface area (Å²) in [5, 5.41) is 3.30. The number of likely N-dealkylation sites (N-methyl/N-ethyl adjacent to an activating group) is 1. The monoisotopic (exact) mass is 508 g/mol. The van der Waals surface area contributed by atoms with Crippen LogP contribution in [0.5, 0.6) is 5.75 Å². The normalized spacial score (nSPS) is 14.0. The molecule has 2 amide bonds. The summed E-state index contributed by atoms with van der Waals surface area (Å²) in [4.78, 5) is 41.9. The number of hydrogen-bond acceptors (Lipinski definition) is 9. The molecule has 0 fully saturated rings. The first-order valence-electron chi connectivity index (χ1n) is 11.4. The van der Waals surface area contributed by atoms with Crippen molar-refractivity contribution in [2.24, 2.45) is 0 Å². The van der Waals surface area contributed by atoms with Gasteiger partial charge < -0.3 is 24.6 Å². The second-order valence-corrected chi connectivity index (χ2v) is 8.81. The van der Waals surface area contributed by atoms with Crippen molar-refractivity contribution in [3.05, 3.63) is 66.1 Å². The van der Waals surface area contributed by atoms with Gasteiger partial charge in [-0.1, -0.05) is 23.9 Å². The minimum atomic E-state index is -0.504. The predicted octanol–water partition coefficient (Wildman–Crippen LogP) is 3.56. The summed E-state index contributed by atoms with van der Waals surface area (Å²) in [6.07, 6.45) is 4.76. The van der Waals surface area contributed by atoms with E-state index in [4.69, 9.17) is 4.74 Å². The number of pyridine rings is 1. The summed E-state index contributed by atoms with van der Waals surface area (Å²) in [5.41, 5.74) is 1.90. The van der Waals surface area contributed by atoms with E-state index >= 15 is 0 Å². The quantitative estimate of drug-likeness (QED) is 0.361. The Morgan fingerprint density at radius 1 is 1.19 bits per heavy atom. The van der Waals surface area contributed by atoms with Crippen LogP contribution in [0, 0.1) is 0 Å². The minimum Gasteiger partial charge on any atom is -0.484 e. The van der Waals surface area contributed by atoms with Crippen LogP contribution in [-0.2, 0) is 4.74 Å². The van der Waals surface area contributed by atoms with Crippen molar-refractivity contribution in [3.63, 3.8) is 0 Å². The Morgan fingerprint density at radius 2 is 2.06 bits per heavy atom. The zero-order valence-corrected chi connectivity index (χ0v) is 21.2. The molecule has 3 heterocycles. The third kappa shape index (κ3) is 5.85. The van der Waals surface area contributed by atoms with Crippen molar-refractivity contribution in [3.8, 4) is 5.75 Å². The number of ether oxygens (including phenoxy) is 2. The number of hydrogen-bond donors (Lipinski definition) is 1. The molecule has 0 spiro atoms. The Kier molecular flexibility index (Phi) is 8.21. The van der Waals surface area contributed by atoms with Crippen LogP contribution in [0.1, 0.15) is 28.6 Å². The number of amides is 2. The smallest absolute Gasteiger partial charge is 0.406 e. The highest BCUT2D eigenvalue weighted by Crippen LogP contribution is 2.30. The summed E-state index contributed by atoms with van der Waals surface area (Å²) in [5.74, 6) is 1.05. The minimum absolute atomic E-state index is 0.164. The van der Waals surface area contributed by atoms with Gasteiger partial charge in [0.1, 0.15) is 23.2 Å². The van der Waals surface area contributed by atoms with E-state index in [1.807, 2.05) is 60.7 Å². The van der Waals surface area contributed by atoms with Gasteiger partial charge in [0.2, 0.25) is 0 Å². The van der Waals surface area contributed by atoms with Gasteiger partial charge in [0.15, 0.2) is 5.16 Å². The van der Waals surface area contributed by atoms with Crippen molar-refractivity contribution in [2.45, 2.75) is 17.7 Å². The fraction of sp³-hybridized carbons (Fsp3) is 0.320. The predicted molar refractivity (Wildman–Crippen MR) is 138 cm³/mol. The Labute approximate surface area is 214 Å². The Morgan fingerprint density at radius 3 is 2.81 bits per heavy atom. The Bertz CT molecular complexity index is 1210. The number of methoxy groups -OCH3 is 1. The second kappa shape index (κ2) is 11.7. The van der Waals surface area contributed by atoms with E-state index in [0.717, 1.165) is 5.69 Å². The SMILES string of the molecule is COC(=O)NCCC(Oc1cccc(N2CCN(C)c3nc(SC)ncc3C2=O)c1)c1ccccn1. The molecule has 1 atom stereocenters. The molecule has 36 heavy (non-hydrogen) atoms. The van der Waals surface area contributed by atoms with Crippen LogP contribution >= 0.6 is 11.8 Å². The van der Waals surface area contributed by atoms with Gasteiger partial charge in [-0.2, -0.15) is 0 Å². The maximum atomic E-state index is 13.5. The number of thioether (sulfide) groups is 1. The van der Waals surface area contributed by atoms with E-state index in [1.165, 1.54) is 18.9 Å². The first-order valence-corrected chi connectivity index (χ1v) is 12.7. The molecule has 0 saturated heterocycles. The topological polar surface area (TPSA) is 110 Å². The van der Waals surface area contributed by atoms with Gasteiger partial charge in [-0.3, -0.25) is 9.78 Å². The van der Waals surface area contributed by atoms with E-state index < -0.39 is 12.2 Å². The largest absolute Gasteiger partial charge is 0.484 e. The highest BCUT2D eigenvalue weighted by atomic mass is 32.2. The number of fused-ring (bicyclic) bond motifs is 1. The molecule has 0 radical (unpaired) electrons. The average molecular weight is 509 g/mol. The van der Waals surface area contributed by atoms with Crippen molar-refractivity contribution in [1.82, 2.24) is 20.3 Å². The Hall–Kier alpha value is -3.86. The maximum absolute atomic E-state index is 13.5. The van der Waals surface area contributed by atoms with Gasteiger partial charge in [-0.05, 0) is 30.5 Å². The number of carbonyl (C=O) groups excluding carboxylic acids is 2. The second-order valence-electron chi connectivity index (χ2n) is 8.04. The van der Waals surface area contributed by atoms with Crippen LogP contribution in [0.4, 0.5) is 16.3 Å². The van der Waals surface area contributed by atoms with Crippen molar-refractivity contribution < 1.29 is 19.1 Å². The number of benzene rings is 1. The molecule has 0 bridgehead atoms. The van der Waals surface area contributed by atoms with Gasteiger partial charge in [0.25, 0.3) is 5.91 Å². The van der Waals surface area contributed by atoms with Gasteiger partial charge in [-0.25, -0.2) is 14.8 Å². The molecule has 0 aliphatic carbocycles. The molecule has 1 aliphatic heterocycles. The van der Waals surface area contributed by atoms with Crippen molar-refractivity contribution in [1.29, 1.82) is 0 Å². The third-order valence-corrected chi connectivity index (χ3v) is 6.27. The fourth-order valence-corrected chi connectivity index (χ4v) is 4.18. The summed E-state index contributed by atoms with van der Waals surface area (Å²) in [6.45, 7) is 1.44. The van der Waals surface area contributed by atoms with Gasteiger partial charge in [0.05, 0.1) is 12.8 Å². The molecule has 1 unspecified atom stereocenters. The van der Waals surface area contributed by atoms with Crippen LogP contribution in [0.15, 0.2) is 60.0 Å². The molecule has 188 valence electrons. The zero-order chi connectivity index (χ0) is 25.5. The summed E-state index contributed by atoms with van der Waals surface area (Å²) in [7, 11) is 3.24. The molecule has 1 N–H and O–H groups in total. The number of nitrogens with zero attached hydrogens (tertiary/aromatic N) is 5. The number of aromatic nitrogens is 3. The van der Waals surface area contributed by atoms with Gasteiger partial charge >= 0.3 is 6.09 Å². The van der Waals surface area contributed by atoms with Gasteiger partial charge in [0, 0.05) is 57.3 Å². The van der Waals surface area contributed by atoms with E-state index in [0.29, 0.717) is 54.0 Å². The Balaban J connectivity index is 1.57. The van der Waals surface area contributed by atoms with E-state index in [9.17, 15) is 9.59 Å². The van der Waals surface area contributed by atoms with E-state index in [1.54, 1.807) is 17.3 Å². The molecule has 0 saturated carbocycles. The number of rotatable bonds is 8. The van der Waals surface area contributed by atoms with Crippen LogP contribution in [0.3, 0.4) is 0 Å². The summed E-state index contributed by atoms with van der Waals surface area (Å²) < 4.78 is 11.0. The first-order chi connectivity index (χ1) is 17.5. The molecule has 3 aromatic rings. The highest BCUT2D eigenvalue weighted by molar-refractivity contribution is 7.98. The summed E-state index contributed by atoms with van der Waals surface area (Å²) in [6, 6.07) is 13.0. The molecule has 11 heteroatoms. The van der Waals surface area contributed by atoms with Crippen LogP contribution < -0.4 is 19.9 Å². The van der Waals surface area contributed by atoms with Crippen LogP contribution in [-0.4, -0.2) is 67.0 Å². The van der Waals surface area contributed by atoms with Gasteiger partial charge in [-0.15, -0.1) is 0 Å². The first kappa shape index (κ1) is 25.2. The number of nitrogens with one attached hydrogen (secondary N) is 1. The average Bonchev–Trinajstić information content (AvgIpc) is 3.04. The fourth-order valence-electron chi connectivity index (χ4n) is 3.85. The lowest BCUT2D eigenvalue weighted by Gasteiger charge is -2.23. The molecular formula is C25H28N6O4S. The zero-order valence-electron chi connectivity index (χ0n) is 20.4. The molecular weight excluding hydrogens is 480 g/mol. The molecule has 4 rings (SSSR count).